The van der Waals surface area contributed by atoms with Gasteiger partial charge in [0.05, 0.1) is 25.2 Å². The van der Waals surface area contributed by atoms with E-state index in [0.717, 1.165) is 25.1 Å². The van der Waals surface area contributed by atoms with Crippen LogP contribution in [-0.2, 0) is 14.6 Å². The molecule has 2 heterocycles. The first kappa shape index (κ1) is 18.2. The Hall–Kier alpha value is -1.60. The number of rotatable bonds is 5. The predicted octanol–water partition coefficient (Wildman–Crippen LogP) is 1.48. The van der Waals surface area contributed by atoms with E-state index in [2.05, 4.69) is 17.0 Å². The Morgan fingerprint density at radius 2 is 2.00 bits per heavy atom. The van der Waals surface area contributed by atoms with Crippen LogP contribution in [-0.4, -0.2) is 68.9 Å². The topological polar surface area (TPSA) is 66.9 Å². The number of sulfone groups is 1. The number of hydrogen-bond donors (Lipinski definition) is 0. The Morgan fingerprint density at radius 1 is 1.28 bits per heavy atom. The van der Waals surface area contributed by atoms with Gasteiger partial charge < -0.3 is 9.64 Å². The lowest BCUT2D eigenvalue weighted by Crippen LogP contribution is -2.43. The van der Waals surface area contributed by atoms with Crippen molar-refractivity contribution in [1.29, 1.82) is 0 Å². The number of methoxy groups -OCH3 is 1. The molecule has 3 rings (SSSR count). The maximum atomic E-state index is 12.6. The molecule has 0 N–H and O–H groups in total. The molecule has 0 aromatic heterocycles. The van der Waals surface area contributed by atoms with Crippen molar-refractivity contribution in [2.45, 2.75) is 31.3 Å². The fraction of sp³-hybridized carbons (Fsp3) is 0.611. The van der Waals surface area contributed by atoms with Gasteiger partial charge in [-0.15, -0.1) is 0 Å². The van der Waals surface area contributed by atoms with Gasteiger partial charge in [0.2, 0.25) is 5.91 Å². The van der Waals surface area contributed by atoms with E-state index in [1.54, 1.807) is 19.1 Å². The molecule has 2 fully saturated rings. The van der Waals surface area contributed by atoms with Crippen LogP contribution in [0.2, 0.25) is 0 Å². The van der Waals surface area contributed by atoms with Gasteiger partial charge in [-0.2, -0.15) is 0 Å². The van der Waals surface area contributed by atoms with Crippen LogP contribution in [0.5, 0.6) is 5.75 Å². The van der Waals surface area contributed by atoms with Crippen LogP contribution in [0.4, 0.5) is 0 Å². The molecular formula is C18H26N2O4S. The van der Waals surface area contributed by atoms with E-state index in [1.807, 2.05) is 12.1 Å². The minimum absolute atomic E-state index is 0.00233. The van der Waals surface area contributed by atoms with E-state index in [4.69, 9.17) is 4.74 Å². The van der Waals surface area contributed by atoms with Gasteiger partial charge in [-0.3, -0.25) is 9.69 Å². The van der Waals surface area contributed by atoms with Gasteiger partial charge in [-0.25, -0.2) is 8.42 Å². The van der Waals surface area contributed by atoms with Crippen LogP contribution in [0.25, 0.3) is 0 Å². The van der Waals surface area contributed by atoms with E-state index in [1.165, 1.54) is 5.56 Å². The van der Waals surface area contributed by atoms with Crippen molar-refractivity contribution in [3.05, 3.63) is 29.8 Å². The zero-order valence-electron chi connectivity index (χ0n) is 14.8. The summed E-state index contributed by atoms with van der Waals surface area (Å²) >= 11 is 0. The summed E-state index contributed by atoms with van der Waals surface area (Å²) < 4.78 is 28.5. The summed E-state index contributed by atoms with van der Waals surface area (Å²) in [6.07, 6.45) is 2.64. The average molecular weight is 366 g/mol. The van der Waals surface area contributed by atoms with E-state index in [9.17, 15) is 13.2 Å². The van der Waals surface area contributed by atoms with Crippen LogP contribution >= 0.6 is 0 Å². The molecule has 1 aromatic carbocycles. The minimum Gasteiger partial charge on any atom is -0.497 e. The lowest BCUT2D eigenvalue weighted by molar-refractivity contribution is -0.133. The zero-order chi connectivity index (χ0) is 18.0. The zero-order valence-corrected chi connectivity index (χ0v) is 15.7. The minimum atomic E-state index is -2.98. The van der Waals surface area contributed by atoms with Crippen LogP contribution in [0, 0.1) is 0 Å². The van der Waals surface area contributed by atoms with Crippen molar-refractivity contribution in [3.63, 3.8) is 0 Å². The first-order valence-electron chi connectivity index (χ1n) is 8.74. The highest BCUT2D eigenvalue weighted by molar-refractivity contribution is 7.91. The molecule has 2 saturated heterocycles. The Bertz CT molecular complexity index is 717. The Balaban J connectivity index is 1.63. The molecule has 2 aliphatic heterocycles. The number of ether oxygens (including phenoxy) is 1. The van der Waals surface area contributed by atoms with Gasteiger partial charge in [-0.05, 0) is 43.5 Å². The lowest BCUT2D eigenvalue weighted by atomic mass is 10.0. The third kappa shape index (κ3) is 4.15. The van der Waals surface area contributed by atoms with Crippen molar-refractivity contribution in [2.75, 3.05) is 38.8 Å². The molecular weight excluding hydrogens is 340 g/mol. The summed E-state index contributed by atoms with van der Waals surface area (Å²) in [5.74, 6) is 1.11. The van der Waals surface area contributed by atoms with Gasteiger partial charge >= 0.3 is 0 Å². The number of carbonyl (C=O) groups is 1. The monoisotopic (exact) mass is 366 g/mol. The summed E-state index contributed by atoms with van der Waals surface area (Å²) in [7, 11) is 0.395. The summed E-state index contributed by atoms with van der Waals surface area (Å²) in [4.78, 5) is 16.5. The van der Waals surface area contributed by atoms with Gasteiger partial charge in [0.1, 0.15) is 5.75 Å². The number of hydrogen-bond acceptors (Lipinski definition) is 5. The first-order valence-corrected chi connectivity index (χ1v) is 10.6. The summed E-state index contributed by atoms with van der Waals surface area (Å²) in [6, 6.07) is 8.06. The van der Waals surface area contributed by atoms with Crippen LogP contribution in [0.3, 0.4) is 0 Å². The van der Waals surface area contributed by atoms with Crippen molar-refractivity contribution < 1.29 is 17.9 Å². The molecule has 0 unspecified atom stereocenters. The van der Waals surface area contributed by atoms with E-state index >= 15 is 0 Å². The van der Waals surface area contributed by atoms with E-state index in [-0.39, 0.29) is 29.5 Å². The standard InChI is InChI=1S/C18H26N2O4S/c1-19(15-9-11-25(22,23)13-15)18(21)12-20-10-3-4-17(20)14-5-7-16(24-2)8-6-14/h5-8,15,17H,3-4,9-13H2,1-2H3/t15-,17-/m1/s1. The number of amides is 1. The van der Waals surface area contributed by atoms with Crippen molar-refractivity contribution in [3.8, 4) is 5.75 Å². The number of nitrogens with zero attached hydrogens (tertiary/aromatic N) is 2. The second kappa shape index (κ2) is 7.33. The van der Waals surface area contributed by atoms with Crippen molar-refractivity contribution >= 4 is 15.7 Å². The molecule has 2 atom stereocenters. The third-order valence-corrected chi connectivity index (χ3v) is 7.10. The molecule has 0 aliphatic carbocycles. The molecule has 0 spiro atoms. The third-order valence-electron chi connectivity index (χ3n) is 5.35. The van der Waals surface area contributed by atoms with Crippen molar-refractivity contribution in [2.24, 2.45) is 0 Å². The Morgan fingerprint density at radius 3 is 2.60 bits per heavy atom. The molecule has 7 heteroatoms. The van der Waals surface area contributed by atoms with Gasteiger partial charge in [-0.1, -0.05) is 12.1 Å². The molecule has 0 radical (unpaired) electrons. The maximum absolute atomic E-state index is 12.6. The normalized spacial score (nSPS) is 25.8. The number of likely N-dealkylation sites (tertiary alicyclic amines) is 1. The maximum Gasteiger partial charge on any atom is 0.236 e. The molecule has 6 nitrogen and oxygen atoms in total. The fourth-order valence-electron chi connectivity index (χ4n) is 3.79. The van der Waals surface area contributed by atoms with Crippen LogP contribution < -0.4 is 4.74 Å². The van der Waals surface area contributed by atoms with E-state index in [0.29, 0.717) is 13.0 Å². The smallest absolute Gasteiger partial charge is 0.236 e. The molecule has 25 heavy (non-hydrogen) atoms. The predicted molar refractivity (Wildman–Crippen MR) is 96.4 cm³/mol. The SMILES string of the molecule is COc1ccc([C@H]2CCCN2CC(=O)N(C)[C@@H]2CCS(=O)(=O)C2)cc1. The largest absolute Gasteiger partial charge is 0.497 e. The van der Waals surface area contributed by atoms with Crippen molar-refractivity contribution in [1.82, 2.24) is 9.80 Å². The number of carbonyl (C=O) groups excluding carboxylic acids is 1. The number of benzene rings is 1. The summed E-state index contributed by atoms with van der Waals surface area (Å²) in [5, 5.41) is 0. The Kier molecular flexibility index (Phi) is 5.34. The van der Waals surface area contributed by atoms with Crippen LogP contribution in [0.1, 0.15) is 30.9 Å². The molecule has 138 valence electrons. The molecule has 2 aliphatic rings. The number of likely N-dealkylation sites (N-methyl/N-ethyl adjacent to an activating group) is 1. The average Bonchev–Trinajstić information content (AvgIpc) is 3.20. The second-order valence-electron chi connectivity index (χ2n) is 6.96. The quantitative estimate of drug-likeness (QED) is 0.790. The fourth-order valence-corrected chi connectivity index (χ4v) is 5.56. The van der Waals surface area contributed by atoms with Gasteiger partial charge in [0.15, 0.2) is 9.84 Å². The molecule has 1 aromatic rings. The summed E-state index contributed by atoms with van der Waals surface area (Å²) in [5.41, 5.74) is 1.19. The Labute approximate surface area is 149 Å². The summed E-state index contributed by atoms with van der Waals surface area (Å²) in [6.45, 7) is 1.23. The highest BCUT2D eigenvalue weighted by atomic mass is 32.2. The first-order chi connectivity index (χ1) is 11.9. The van der Waals surface area contributed by atoms with Gasteiger partial charge in [0.25, 0.3) is 0 Å². The van der Waals surface area contributed by atoms with E-state index < -0.39 is 9.84 Å². The second-order valence-corrected chi connectivity index (χ2v) is 9.19. The highest BCUT2D eigenvalue weighted by Crippen LogP contribution is 2.32. The lowest BCUT2D eigenvalue weighted by Gasteiger charge is -2.29. The van der Waals surface area contributed by atoms with Crippen LogP contribution in [0.15, 0.2) is 24.3 Å². The molecule has 0 bridgehead atoms. The molecule has 1 amide bonds. The highest BCUT2D eigenvalue weighted by Gasteiger charge is 2.34. The molecule has 0 saturated carbocycles. The van der Waals surface area contributed by atoms with Gasteiger partial charge in [0, 0.05) is 19.1 Å².